The van der Waals surface area contributed by atoms with Crippen LogP contribution >= 0.6 is 0 Å². The molecule has 1 saturated heterocycles. The first-order valence-electron chi connectivity index (χ1n) is 10.5. The van der Waals surface area contributed by atoms with Crippen LogP contribution in [0.25, 0.3) is 6.08 Å². The lowest BCUT2D eigenvalue weighted by Crippen LogP contribution is -2.38. The number of nitrogen functional groups attached to an aromatic ring is 1. The molecule has 1 aliphatic heterocycles. The van der Waals surface area contributed by atoms with Gasteiger partial charge in [0.15, 0.2) is 0 Å². The zero-order valence-corrected chi connectivity index (χ0v) is 17.2. The van der Waals surface area contributed by atoms with Crippen LogP contribution in [0.3, 0.4) is 0 Å². The van der Waals surface area contributed by atoms with Gasteiger partial charge in [-0.2, -0.15) is 0 Å². The summed E-state index contributed by atoms with van der Waals surface area (Å²) < 4.78 is 0. The Kier molecular flexibility index (Phi) is 7.94. The first kappa shape index (κ1) is 21.5. The Morgan fingerprint density at radius 3 is 2.50 bits per heavy atom. The molecule has 1 aliphatic rings. The quantitative estimate of drug-likeness (QED) is 0.518. The van der Waals surface area contributed by atoms with Crippen LogP contribution in [-0.4, -0.2) is 46.3 Å². The van der Waals surface area contributed by atoms with Crippen LogP contribution in [0.15, 0.2) is 48.8 Å². The van der Waals surface area contributed by atoms with Crippen molar-refractivity contribution >= 4 is 23.8 Å². The SMILES string of the molecule is Nc1ncc(/C=C/C(=O)NCCCCC2CCN(C(=O)c3ccccc3)CC2)cn1. The summed E-state index contributed by atoms with van der Waals surface area (Å²) in [6.45, 7) is 2.32. The zero-order chi connectivity index (χ0) is 21.2. The number of aromatic nitrogens is 2. The van der Waals surface area contributed by atoms with Gasteiger partial charge in [-0.05, 0) is 43.4 Å². The number of piperidine rings is 1. The molecule has 7 heteroatoms. The van der Waals surface area contributed by atoms with Crippen LogP contribution in [-0.2, 0) is 4.79 Å². The molecular weight excluding hydrogens is 378 g/mol. The van der Waals surface area contributed by atoms with Crippen LogP contribution in [0.2, 0.25) is 0 Å². The Labute approximate surface area is 177 Å². The first-order chi connectivity index (χ1) is 14.6. The van der Waals surface area contributed by atoms with Crippen molar-refractivity contribution in [3.63, 3.8) is 0 Å². The largest absolute Gasteiger partial charge is 0.368 e. The van der Waals surface area contributed by atoms with Gasteiger partial charge in [0.1, 0.15) is 0 Å². The highest BCUT2D eigenvalue weighted by Crippen LogP contribution is 2.23. The fourth-order valence-electron chi connectivity index (χ4n) is 3.62. The maximum absolute atomic E-state index is 12.5. The Balaban J connectivity index is 1.27. The number of hydrogen-bond donors (Lipinski definition) is 2. The molecule has 1 fully saturated rings. The van der Waals surface area contributed by atoms with E-state index >= 15 is 0 Å². The Morgan fingerprint density at radius 1 is 1.10 bits per heavy atom. The summed E-state index contributed by atoms with van der Waals surface area (Å²) in [5.41, 5.74) is 6.93. The Morgan fingerprint density at radius 2 is 1.80 bits per heavy atom. The lowest BCUT2D eigenvalue weighted by molar-refractivity contribution is -0.116. The van der Waals surface area contributed by atoms with E-state index in [1.165, 1.54) is 6.08 Å². The number of nitrogens with zero attached hydrogens (tertiary/aromatic N) is 3. The van der Waals surface area contributed by atoms with Crippen LogP contribution in [0.1, 0.15) is 48.0 Å². The minimum absolute atomic E-state index is 0.125. The number of carbonyl (C=O) groups is 2. The number of nitrogens with one attached hydrogen (secondary N) is 1. The number of likely N-dealkylation sites (tertiary alicyclic amines) is 1. The van der Waals surface area contributed by atoms with Crippen molar-refractivity contribution in [2.75, 3.05) is 25.4 Å². The van der Waals surface area contributed by atoms with Crippen molar-refractivity contribution < 1.29 is 9.59 Å². The molecule has 158 valence electrons. The number of benzene rings is 1. The summed E-state index contributed by atoms with van der Waals surface area (Å²) in [6, 6.07) is 9.49. The van der Waals surface area contributed by atoms with Crippen LogP contribution in [0.5, 0.6) is 0 Å². The van der Waals surface area contributed by atoms with E-state index in [2.05, 4.69) is 15.3 Å². The minimum Gasteiger partial charge on any atom is -0.368 e. The number of nitrogens with two attached hydrogens (primary N) is 1. The highest BCUT2D eigenvalue weighted by atomic mass is 16.2. The van der Waals surface area contributed by atoms with Crippen molar-refractivity contribution in [1.29, 1.82) is 0 Å². The molecule has 7 nitrogen and oxygen atoms in total. The van der Waals surface area contributed by atoms with E-state index in [9.17, 15) is 9.59 Å². The molecule has 3 N–H and O–H groups in total. The summed E-state index contributed by atoms with van der Waals surface area (Å²) in [5.74, 6) is 0.880. The third-order valence-corrected chi connectivity index (χ3v) is 5.38. The number of unbranched alkanes of at least 4 members (excludes halogenated alkanes) is 1. The first-order valence-corrected chi connectivity index (χ1v) is 10.5. The maximum Gasteiger partial charge on any atom is 0.253 e. The van der Waals surface area contributed by atoms with Crippen molar-refractivity contribution in [1.82, 2.24) is 20.2 Å². The molecule has 2 amide bonds. The third kappa shape index (κ3) is 6.69. The summed E-state index contributed by atoms with van der Waals surface area (Å²) in [5, 5.41) is 2.90. The molecule has 2 aromatic rings. The van der Waals surface area contributed by atoms with Crippen molar-refractivity contribution in [3.05, 3.63) is 59.9 Å². The standard InChI is InChI=1S/C23H29N5O2/c24-23-26-16-19(17-27-23)9-10-21(29)25-13-5-4-6-18-11-14-28(15-12-18)22(30)20-7-2-1-3-8-20/h1-3,7-10,16-18H,4-6,11-15H2,(H,25,29)(H2,24,26,27)/b10-9+. The minimum atomic E-state index is -0.125. The zero-order valence-electron chi connectivity index (χ0n) is 17.2. The number of amides is 2. The molecule has 2 heterocycles. The van der Waals surface area contributed by atoms with E-state index in [0.29, 0.717) is 12.5 Å². The molecule has 0 unspecified atom stereocenters. The molecule has 1 aromatic heterocycles. The molecule has 30 heavy (non-hydrogen) atoms. The summed E-state index contributed by atoms with van der Waals surface area (Å²) in [7, 11) is 0. The summed E-state index contributed by atoms with van der Waals surface area (Å²) in [6.07, 6.45) is 11.6. The van der Waals surface area contributed by atoms with E-state index in [0.717, 1.165) is 56.3 Å². The fourth-order valence-corrected chi connectivity index (χ4v) is 3.62. The van der Waals surface area contributed by atoms with Crippen LogP contribution < -0.4 is 11.1 Å². The average Bonchev–Trinajstić information content (AvgIpc) is 2.79. The van der Waals surface area contributed by atoms with E-state index in [-0.39, 0.29) is 17.8 Å². The normalized spacial score (nSPS) is 14.7. The second-order valence-electron chi connectivity index (χ2n) is 7.60. The van der Waals surface area contributed by atoms with Gasteiger partial charge in [-0.3, -0.25) is 9.59 Å². The van der Waals surface area contributed by atoms with Crippen molar-refractivity contribution in [3.8, 4) is 0 Å². The summed E-state index contributed by atoms with van der Waals surface area (Å²) in [4.78, 5) is 34.1. The summed E-state index contributed by atoms with van der Waals surface area (Å²) >= 11 is 0. The molecule has 0 bridgehead atoms. The lowest BCUT2D eigenvalue weighted by Gasteiger charge is -2.32. The predicted molar refractivity (Wildman–Crippen MR) is 117 cm³/mol. The molecular formula is C23H29N5O2. The highest BCUT2D eigenvalue weighted by molar-refractivity contribution is 5.94. The molecule has 3 rings (SSSR count). The number of rotatable bonds is 8. The van der Waals surface area contributed by atoms with E-state index in [1.807, 2.05) is 35.2 Å². The monoisotopic (exact) mass is 407 g/mol. The number of carbonyl (C=O) groups excluding carboxylic acids is 2. The van der Waals surface area contributed by atoms with Crippen LogP contribution in [0.4, 0.5) is 5.95 Å². The van der Waals surface area contributed by atoms with Gasteiger partial charge in [0.25, 0.3) is 5.91 Å². The van der Waals surface area contributed by atoms with Gasteiger partial charge in [-0.25, -0.2) is 9.97 Å². The van der Waals surface area contributed by atoms with Gasteiger partial charge in [0.05, 0.1) is 0 Å². The van der Waals surface area contributed by atoms with Gasteiger partial charge >= 0.3 is 0 Å². The second-order valence-corrected chi connectivity index (χ2v) is 7.60. The molecule has 0 spiro atoms. The molecule has 1 aromatic carbocycles. The number of hydrogen-bond acceptors (Lipinski definition) is 5. The number of anilines is 1. The topological polar surface area (TPSA) is 101 Å². The smallest absolute Gasteiger partial charge is 0.253 e. The lowest BCUT2D eigenvalue weighted by atomic mass is 9.91. The van der Waals surface area contributed by atoms with E-state index in [1.54, 1.807) is 18.5 Å². The van der Waals surface area contributed by atoms with Gasteiger partial charge in [0.2, 0.25) is 11.9 Å². The Bertz CT molecular complexity index is 844. The van der Waals surface area contributed by atoms with E-state index < -0.39 is 0 Å². The van der Waals surface area contributed by atoms with Gasteiger partial charge in [-0.15, -0.1) is 0 Å². The molecule has 0 saturated carbocycles. The molecule has 0 atom stereocenters. The molecule has 0 radical (unpaired) electrons. The van der Waals surface area contributed by atoms with Gasteiger partial charge in [0, 0.05) is 49.2 Å². The second kappa shape index (κ2) is 11.1. The average molecular weight is 408 g/mol. The highest BCUT2D eigenvalue weighted by Gasteiger charge is 2.23. The van der Waals surface area contributed by atoms with Gasteiger partial charge < -0.3 is 16.0 Å². The van der Waals surface area contributed by atoms with E-state index in [4.69, 9.17) is 5.73 Å². The molecule has 0 aliphatic carbocycles. The van der Waals surface area contributed by atoms with Gasteiger partial charge in [-0.1, -0.05) is 31.0 Å². The van der Waals surface area contributed by atoms with Crippen LogP contribution in [0, 0.1) is 5.92 Å². The fraction of sp³-hybridized carbons (Fsp3) is 0.391. The third-order valence-electron chi connectivity index (χ3n) is 5.38. The predicted octanol–water partition coefficient (Wildman–Crippen LogP) is 2.91. The van der Waals surface area contributed by atoms with Crippen molar-refractivity contribution in [2.45, 2.75) is 32.1 Å². The Hall–Kier alpha value is -3.22. The maximum atomic E-state index is 12.5. The van der Waals surface area contributed by atoms with Crippen molar-refractivity contribution in [2.24, 2.45) is 5.92 Å².